The summed E-state index contributed by atoms with van der Waals surface area (Å²) in [5.74, 6) is -0.192. The van der Waals surface area contributed by atoms with Crippen LogP contribution in [0.3, 0.4) is 0 Å². The molecule has 0 aliphatic rings. The number of amides is 2. The van der Waals surface area contributed by atoms with E-state index in [1.54, 1.807) is 23.6 Å². The number of benzene rings is 1. The largest absolute Gasteiger partial charge is 0.352 e. The number of anilines is 1. The SMILES string of the molecule is Cc1c(Cl)cccc1NC(=O)CCCNC(=O)c1ccsc1. The number of carbonyl (C=O) groups excluding carboxylic acids is 2. The lowest BCUT2D eigenvalue weighted by molar-refractivity contribution is -0.116. The van der Waals surface area contributed by atoms with Crippen molar-refractivity contribution >= 4 is 40.4 Å². The topological polar surface area (TPSA) is 58.2 Å². The van der Waals surface area contributed by atoms with Gasteiger partial charge in [0.15, 0.2) is 0 Å². The summed E-state index contributed by atoms with van der Waals surface area (Å²) in [6.45, 7) is 2.33. The third kappa shape index (κ3) is 4.58. The zero-order chi connectivity index (χ0) is 15.9. The lowest BCUT2D eigenvalue weighted by Gasteiger charge is -2.09. The molecule has 0 atom stereocenters. The number of carbonyl (C=O) groups is 2. The molecular weight excluding hydrogens is 320 g/mol. The third-order valence-electron chi connectivity index (χ3n) is 3.19. The number of thiophene rings is 1. The Balaban J connectivity index is 1.72. The van der Waals surface area contributed by atoms with Gasteiger partial charge in [0, 0.05) is 34.6 Å². The van der Waals surface area contributed by atoms with E-state index in [1.165, 1.54) is 11.3 Å². The maximum absolute atomic E-state index is 11.9. The van der Waals surface area contributed by atoms with Gasteiger partial charge in [-0.1, -0.05) is 17.7 Å². The number of hydrogen-bond donors (Lipinski definition) is 2. The van der Waals surface area contributed by atoms with E-state index in [1.807, 2.05) is 18.4 Å². The first-order chi connectivity index (χ1) is 10.6. The maximum atomic E-state index is 11.9. The molecule has 0 aliphatic heterocycles. The number of halogens is 1. The van der Waals surface area contributed by atoms with E-state index in [0.29, 0.717) is 30.0 Å². The van der Waals surface area contributed by atoms with Crippen LogP contribution in [0.15, 0.2) is 35.0 Å². The Morgan fingerprint density at radius 3 is 2.82 bits per heavy atom. The molecule has 6 heteroatoms. The van der Waals surface area contributed by atoms with Crippen molar-refractivity contribution in [2.24, 2.45) is 0 Å². The molecule has 1 aromatic carbocycles. The summed E-state index contributed by atoms with van der Waals surface area (Å²) in [5.41, 5.74) is 2.23. The first kappa shape index (κ1) is 16.5. The van der Waals surface area contributed by atoms with Crippen LogP contribution in [0, 0.1) is 6.92 Å². The number of hydrogen-bond acceptors (Lipinski definition) is 3. The fraction of sp³-hybridized carbons (Fsp3) is 0.250. The van der Waals surface area contributed by atoms with Gasteiger partial charge in [0.2, 0.25) is 5.91 Å². The molecule has 2 rings (SSSR count). The summed E-state index contributed by atoms with van der Waals surface area (Å²) >= 11 is 7.49. The van der Waals surface area contributed by atoms with E-state index in [2.05, 4.69) is 10.6 Å². The van der Waals surface area contributed by atoms with Gasteiger partial charge in [0.25, 0.3) is 5.91 Å². The van der Waals surface area contributed by atoms with Crippen molar-refractivity contribution in [3.63, 3.8) is 0 Å². The van der Waals surface area contributed by atoms with Crippen molar-refractivity contribution < 1.29 is 9.59 Å². The predicted octanol–water partition coefficient (Wildman–Crippen LogP) is 3.86. The van der Waals surface area contributed by atoms with E-state index in [9.17, 15) is 9.59 Å². The van der Waals surface area contributed by atoms with Crippen LogP contribution in [0.25, 0.3) is 0 Å². The Labute approximate surface area is 138 Å². The van der Waals surface area contributed by atoms with Crippen LogP contribution in [0.1, 0.15) is 28.8 Å². The molecule has 0 unspecified atom stereocenters. The molecule has 0 saturated carbocycles. The Hall–Kier alpha value is -1.85. The highest BCUT2D eigenvalue weighted by atomic mass is 35.5. The Morgan fingerprint density at radius 1 is 1.27 bits per heavy atom. The van der Waals surface area contributed by atoms with Gasteiger partial charge in [0.05, 0.1) is 0 Å². The monoisotopic (exact) mass is 336 g/mol. The maximum Gasteiger partial charge on any atom is 0.252 e. The lowest BCUT2D eigenvalue weighted by atomic mass is 10.2. The average Bonchev–Trinajstić information content (AvgIpc) is 3.02. The van der Waals surface area contributed by atoms with Gasteiger partial charge >= 0.3 is 0 Å². The minimum Gasteiger partial charge on any atom is -0.352 e. The fourth-order valence-electron chi connectivity index (χ4n) is 1.90. The van der Waals surface area contributed by atoms with Gasteiger partial charge in [-0.2, -0.15) is 11.3 Å². The molecule has 2 aromatic rings. The highest BCUT2D eigenvalue weighted by Gasteiger charge is 2.08. The quantitative estimate of drug-likeness (QED) is 0.787. The second-order valence-corrected chi connectivity index (χ2v) is 6.02. The number of rotatable bonds is 6. The van der Waals surface area contributed by atoms with Crippen LogP contribution < -0.4 is 10.6 Å². The van der Waals surface area contributed by atoms with E-state index in [4.69, 9.17) is 11.6 Å². The molecule has 0 fully saturated rings. The van der Waals surface area contributed by atoms with E-state index < -0.39 is 0 Å². The first-order valence-corrected chi connectivity index (χ1v) is 8.25. The van der Waals surface area contributed by atoms with Gasteiger partial charge in [-0.05, 0) is 42.5 Å². The van der Waals surface area contributed by atoms with Crippen molar-refractivity contribution in [2.75, 3.05) is 11.9 Å². The molecule has 0 aliphatic carbocycles. The van der Waals surface area contributed by atoms with Crippen LogP contribution in [-0.4, -0.2) is 18.4 Å². The molecule has 2 N–H and O–H groups in total. The van der Waals surface area contributed by atoms with E-state index in [-0.39, 0.29) is 11.8 Å². The minimum absolute atomic E-state index is 0.0878. The highest BCUT2D eigenvalue weighted by molar-refractivity contribution is 7.08. The second kappa shape index (κ2) is 7.96. The number of nitrogens with one attached hydrogen (secondary N) is 2. The molecule has 22 heavy (non-hydrogen) atoms. The molecule has 0 saturated heterocycles. The predicted molar refractivity (Wildman–Crippen MR) is 90.7 cm³/mol. The molecule has 1 aromatic heterocycles. The van der Waals surface area contributed by atoms with Crippen molar-refractivity contribution in [2.45, 2.75) is 19.8 Å². The fourth-order valence-corrected chi connectivity index (χ4v) is 2.71. The molecule has 0 radical (unpaired) electrons. The normalized spacial score (nSPS) is 10.3. The zero-order valence-electron chi connectivity index (χ0n) is 12.2. The second-order valence-electron chi connectivity index (χ2n) is 4.83. The minimum atomic E-state index is -0.104. The van der Waals surface area contributed by atoms with Crippen molar-refractivity contribution in [1.82, 2.24) is 5.32 Å². The summed E-state index contributed by atoms with van der Waals surface area (Å²) < 4.78 is 0. The van der Waals surface area contributed by atoms with Crippen LogP contribution in [0.2, 0.25) is 5.02 Å². The summed E-state index contributed by atoms with van der Waals surface area (Å²) in [6.07, 6.45) is 0.928. The third-order valence-corrected chi connectivity index (χ3v) is 4.28. The van der Waals surface area contributed by atoms with Crippen LogP contribution in [-0.2, 0) is 4.79 Å². The van der Waals surface area contributed by atoms with Crippen molar-refractivity contribution in [1.29, 1.82) is 0 Å². The zero-order valence-corrected chi connectivity index (χ0v) is 13.8. The van der Waals surface area contributed by atoms with Gasteiger partial charge < -0.3 is 10.6 Å². The molecule has 0 spiro atoms. The lowest BCUT2D eigenvalue weighted by Crippen LogP contribution is -2.25. The van der Waals surface area contributed by atoms with Crippen molar-refractivity contribution in [3.8, 4) is 0 Å². The molecule has 0 bridgehead atoms. The average molecular weight is 337 g/mol. The van der Waals surface area contributed by atoms with E-state index in [0.717, 1.165) is 11.3 Å². The molecule has 116 valence electrons. The Morgan fingerprint density at radius 2 is 2.09 bits per heavy atom. The van der Waals surface area contributed by atoms with E-state index >= 15 is 0 Å². The molecular formula is C16H17ClN2O2S. The smallest absolute Gasteiger partial charge is 0.252 e. The summed E-state index contributed by atoms with van der Waals surface area (Å²) in [4.78, 5) is 23.6. The first-order valence-electron chi connectivity index (χ1n) is 6.93. The Kier molecular flexibility index (Phi) is 5.98. The van der Waals surface area contributed by atoms with Gasteiger partial charge in [-0.3, -0.25) is 9.59 Å². The highest BCUT2D eigenvalue weighted by Crippen LogP contribution is 2.23. The summed E-state index contributed by atoms with van der Waals surface area (Å²) in [6, 6.07) is 7.17. The van der Waals surface area contributed by atoms with Crippen molar-refractivity contribution in [3.05, 3.63) is 51.2 Å². The van der Waals surface area contributed by atoms with Gasteiger partial charge in [-0.15, -0.1) is 0 Å². The van der Waals surface area contributed by atoms with Crippen LogP contribution in [0.4, 0.5) is 5.69 Å². The van der Waals surface area contributed by atoms with Crippen LogP contribution in [0.5, 0.6) is 0 Å². The van der Waals surface area contributed by atoms with Crippen LogP contribution >= 0.6 is 22.9 Å². The van der Waals surface area contributed by atoms with Gasteiger partial charge in [-0.25, -0.2) is 0 Å². The summed E-state index contributed by atoms with van der Waals surface area (Å²) in [7, 11) is 0. The Bertz CT molecular complexity index is 656. The standard InChI is InChI=1S/C16H17ClN2O2S/c1-11-13(17)4-2-5-14(11)19-15(20)6-3-8-18-16(21)12-7-9-22-10-12/h2,4-5,7,9-10H,3,6,8H2,1H3,(H,18,21)(H,19,20). The van der Waals surface area contributed by atoms with Gasteiger partial charge in [0.1, 0.15) is 0 Å². The molecule has 4 nitrogen and oxygen atoms in total. The molecule has 1 heterocycles. The molecule has 2 amide bonds. The summed E-state index contributed by atoms with van der Waals surface area (Å²) in [5, 5.41) is 9.90.